The van der Waals surface area contributed by atoms with Gasteiger partial charge < -0.3 is 10.1 Å². The SMILES string of the molecule is CCOc1ccccc1CN1C(=O)N[C@@](C)(c2cccc(-n3cnnn3)c2)C1=O. The molecule has 0 aliphatic carbocycles. The average Bonchev–Trinajstić information content (AvgIpc) is 3.34. The van der Waals surface area contributed by atoms with Gasteiger partial charge in [-0.25, -0.2) is 9.48 Å². The van der Waals surface area contributed by atoms with E-state index in [1.54, 1.807) is 25.1 Å². The number of amides is 3. The highest BCUT2D eigenvalue weighted by molar-refractivity contribution is 6.07. The minimum absolute atomic E-state index is 0.128. The van der Waals surface area contributed by atoms with Crippen LogP contribution in [0.3, 0.4) is 0 Å². The second-order valence-electron chi connectivity index (χ2n) is 6.79. The molecule has 2 aromatic carbocycles. The standard InChI is InChI=1S/C20H20N6O3/c1-3-29-17-10-5-4-7-14(17)12-25-18(27)20(2,22-19(25)28)15-8-6-9-16(11-15)26-13-21-23-24-26/h4-11,13H,3,12H2,1-2H3,(H,22,28)/t20-/m0/s1. The number of imide groups is 1. The molecular weight excluding hydrogens is 372 g/mol. The van der Waals surface area contributed by atoms with Crippen LogP contribution < -0.4 is 10.1 Å². The maximum atomic E-state index is 13.3. The molecule has 1 aromatic heterocycles. The van der Waals surface area contributed by atoms with E-state index < -0.39 is 11.6 Å². The Balaban J connectivity index is 1.64. The van der Waals surface area contributed by atoms with Gasteiger partial charge in [-0.1, -0.05) is 30.3 Å². The summed E-state index contributed by atoms with van der Waals surface area (Å²) in [5.41, 5.74) is 0.909. The molecule has 1 aliphatic heterocycles. The van der Waals surface area contributed by atoms with Crippen LogP contribution in [0.4, 0.5) is 4.79 Å². The van der Waals surface area contributed by atoms with Crippen molar-refractivity contribution >= 4 is 11.9 Å². The molecule has 1 N–H and O–H groups in total. The number of hydrogen-bond donors (Lipinski definition) is 1. The Morgan fingerprint density at radius 3 is 2.72 bits per heavy atom. The lowest BCUT2D eigenvalue weighted by atomic mass is 9.91. The predicted octanol–water partition coefficient (Wildman–Crippen LogP) is 2.03. The lowest BCUT2D eigenvalue weighted by Gasteiger charge is -2.23. The predicted molar refractivity (Wildman–Crippen MR) is 103 cm³/mol. The van der Waals surface area contributed by atoms with E-state index in [9.17, 15) is 9.59 Å². The summed E-state index contributed by atoms with van der Waals surface area (Å²) in [6.45, 7) is 4.21. The van der Waals surface area contributed by atoms with Gasteiger partial charge in [0.1, 0.15) is 17.6 Å². The lowest BCUT2D eigenvalue weighted by Crippen LogP contribution is -2.40. The molecule has 1 aliphatic rings. The summed E-state index contributed by atoms with van der Waals surface area (Å²) in [5.74, 6) is 0.326. The Kier molecular flexibility index (Phi) is 4.71. The van der Waals surface area contributed by atoms with E-state index in [-0.39, 0.29) is 12.5 Å². The topological polar surface area (TPSA) is 102 Å². The fraction of sp³-hybridized carbons (Fsp3) is 0.250. The number of para-hydroxylation sites is 1. The van der Waals surface area contributed by atoms with Crippen LogP contribution >= 0.6 is 0 Å². The molecule has 1 atom stereocenters. The molecule has 148 valence electrons. The van der Waals surface area contributed by atoms with E-state index in [0.29, 0.717) is 23.6 Å². The number of urea groups is 1. The molecule has 9 nitrogen and oxygen atoms in total. The minimum Gasteiger partial charge on any atom is -0.494 e. The Morgan fingerprint density at radius 2 is 1.97 bits per heavy atom. The van der Waals surface area contributed by atoms with E-state index in [1.807, 2.05) is 37.3 Å². The monoisotopic (exact) mass is 392 g/mol. The Bertz CT molecular complexity index is 1050. The maximum absolute atomic E-state index is 13.3. The third-order valence-corrected chi connectivity index (χ3v) is 4.91. The summed E-state index contributed by atoms with van der Waals surface area (Å²) >= 11 is 0. The van der Waals surface area contributed by atoms with E-state index in [4.69, 9.17) is 4.74 Å². The van der Waals surface area contributed by atoms with E-state index in [0.717, 1.165) is 5.56 Å². The quantitative estimate of drug-likeness (QED) is 0.644. The van der Waals surface area contributed by atoms with E-state index in [2.05, 4.69) is 20.8 Å². The summed E-state index contributed by atoms with van der Waals surface area (Å²) in [6, 6.07) is 14.1. The fourth-order valence-corrected chi connectivity index (χ4v) is 3.38. The minimum atomic E-state index is -1.19. The molecule has 1 saturated heterocycles. The van der Waals surface area contributed by atoms with Crippen molar-refractivity contribution in [2.45, 2.75) is 25.9 Å². The first-order valence-corrected chi connectivity index (χ1v) is 9.21. The third kappa shape index (κ3) is 3.31. The molecular formula is C20H20N6O3. The first-order chi connectivity index (χ1) is 14.0. The number of hydrogen-bond acceptors (Lipinski definition) is 6. The van der Waals surface area contributed by atoms with Gasteiger partial charge in [0.25, 0.3) is 5.91 Å². The lowest BCUT2D eigenvalue weighted by molar-refractivity contribution is -0.131. The van der Waals surface area contributed by atoms with Crippen molar-refractivity contribution in [1.29, 1.82) is 0 Å². The van der Waals surface area contributed by atoms with Crippen LogP contribution in [0.25, 0.3) is 5.69 Å². The molecule has 4 rings (SSSR count). The molecule has 3 amide bonds. The average molecular weight is 392 g/mol. The van der Waals surface area contributed by atoms with Gasteiger partial charge in [0.15, 0.2) is 0 Å². The Labute approximate surface area is 167 Å². The normalized spacial score (nSPS) is 18.8. The first-order valence-electron chi connectivity index (χ1n) is 9.21. The smallest absolute Gasteiger partial charge is 0.325 e. The summed E-state index contributed by atoms with van der Waals surface area (Å²) in [6.07, 6.45) is 1.47. The van der Waals surface area contributed by atoms with Gasteiger partial charge in [-0.15, -0.1) is 5.10 Å². The Morgan fingerprint density at radius 1 is 1.14 bits per heavy atom. The van der Waals surface area contributed by atoms with Gasteiger partial charge in [0, 0.05) is 5.56 Å². The summed E-state index contributed by atoms with van der Waals surface area (Å²) in [7, 11) is 0. The van der Waals surface area contributed by atoms with Gasteiger partial charge in [-0.05, 0) is 48.0 Å². The van der Waals surface area contributed by atoms with E-state index >= 15 is 0 Å². The number of nitrogens with zero attached hydrogens (tertiary/aromatic N) is 5. The van der Waals surface area contributed by atoms with Gasteiger partial charge in [-0.2, -0.15) is 0 Å². The van der Waals surface area contributed by atoms with E-state index in [1.165, 1.54) is 15.9 Å². The zero-order valence-electron chi connectivity index (χ0n) is 16.1. The van der Waals surface area contributed by atoms with Crippen molar-refractivity contribution in [2.75, 3.05) is 6.61 Å². The number of nitrogens with one attached hydrogen (secondary N) is 1. The highest BCUT2D eigenvalue weighted by atomic mass is 16.5. The molecule has 0 radical (unpaired) electrons. The number of rotatable bonds is 6. The largest absolute Gasteiger partial charge is 0.494 e. The first kappa shape index (κ1) is 18.6. The third-order valence-electron chi connectivity index (χ3n) is 4.91. The molecule has 29 heavy (non-hydrogen) atoms. The van der Waals surface area contributed by atoms with Gasteiger partial charge in [0.2, 0.25) is 0 Å². The van der Waals surface area contributed by atoms with Gasteiger partial charge >= 0.3 is 6.03 Å². The summed E-state index contributed by atoms with van der Waals surface area (Å²) < 4.78 is 7.11. The Hall–Kier alpha value is -3.75. The number of carbonyl (C=O) groups is 2. The second kappa shape index (κ2) is 7.34. The van der Waals surface area contributed by atoms with Crippen molar-refractivity contribution in [2.24, 2.45) is 0 Å². The highest BCUT2D eigenvalue weighted by Crippen LogP contribution is 2.32. The number of carbonyl (C=O) groups excluding carboxylic acids is 2. The molecule has 0 saturated carbocycles. The molecule has 0 unspecified atom stereocenters. The molecule has 2 heterocycles. The van der Waals surface area contributed by atoms with Gasteiger partial charge in [0.05, 0.1) is 18.8 Å². The van der Waals surface area contributed by atoms with Crippen molar-refractivity contribution < 1.29 is 14.3 Å². The molecule has 0 spiro atoms. The van der Waals surface area contributed by atoms with Crippen molar-refractivity contribution in [3.63, 3.8) is 0 Å². The summed E-state index contributed by atoms with van der Waals surface area (Å²) in [4.78, 5) is 27.2. The number of benzene rings is 2. The second-order valence-corrected chi connectivity index (χ2v) is 6.79. The number of tetrazole rings is 1. The zero-order chi connectivity index (χ0) is 20.4. The molecule has 3 aromatic rings. The van der Waals surface area contributed by atoms with Crippen LogP contribution in [-0.4, -0.2) is 43.7 Å². The molecule has 9 heteroatoms. The zero-order valence-corrected chi connectivity index (χ0v) is 16.1. The fourth-order valence-electron chi connectivity index (χ4n) is 3.38. The van der Waals surface area contributed by atoms with Crippen LogP contribution in [0, 0.1) is 0 Å². The highest BCUT2D eigenvalue weighted by Gasteiger charge is 2.49. The van der Waals surface area contributed by atoms with Crippen LogP contribution in [0.15, 0.2) is 54.9 Å². The maximum Gasteiger partial charge on any atom is 0.325 e. The summed E-state index contributed by atoms with van der Waals surface area (Å²) in [5, 5.41) is 14.0. The number of aromatic nitrogens is 4. The van der Waals surface area contributed by atoms with Crippen LogP contribution in [0.5, 0.6) is 5.75 Å². The number of ether oxygens (including phenoxy) is 1. The molecule has 0 bridgehead atoms. The van der Waals surface area contributed by atoms with Crippen molar-refractivity contribution in [3.8, 4) is 11.4 Å². The van der Waals surface area contributed by atoms with Gasteiger partial charge in [-0.3, -0.25) is 9.69 Å². The van der Waals surface area contributed by atoms with Crippen molar-refractivity contribution in [1.82, 2.24) is 30.4 Å². The van der Waals surface area contributed by atoms with Crippen LogP contribution in [-0.2, 0) is 16.9 Å². The van der Waals surface area contributed by atoms with Crippen LogP contribution in [0.1, 0.15) is 25.0 Å². The molecule has 1 fully saturated rings. The van der Waals surface area contributed by atoms with Crippen molar-refractivity contribution in [3.05, 3.63) is 66.0 Å². The van der Waals surface area contributed by atoms with Crippen LogP contribution in [0.2, 0.25) is 0 Å².